The molecule has 1 aromatic carbocycles. The van der Waals surface area contributed by atoms with Gasteiger partial charge in [0.2, 0.25) is 0 Å². The molecule has 140 valence electrons. The van der Waals surface area contributed by atoms with E-state index < -0.39 is 0 Å². The highest BCUT2D eigenvalue weighted by Gasteiger charge is 2.24. The first-order chi connectivity index (χ1) is 11.8. The van der Waals surface area contributed by atoms with E-state index in [0.717, 1.165) is 51.3 Å². The molecule has 1 aromatic rings. The number of aryl methyl sites for hydroxylation is 1. The maximum atomic E-state index is 5.53. The van der Waals surface area contributed by atoms with Gasteiger partial charge in [-0.2, -0.15) is 0 Å². The Balaban J connectivity index is 0.00000225. The van der Waals surface area contributed by atoms with Gasteiger partial charge in [0, 0.05) is 33.2 Å². The second kappa shape index (κ2) is 10.3. The second-order valence-electron chi connectivity index (χ2n) is 6.85. The van der Waals surface area contributed by atoms with Crippen LogP contribution < -0.4 is 10.6 Å². The fourth-order valence-corrected chi connectivity index (χ4v) is 3.11. The minimum absolute atomic E-state index is 0. The summed E-state index contributed by atoms with van der Waals surface area (Å²) in [5.41, 5.74) is 2.65. The number of halogens is 1. The molecule has 1 aliphatic carbocycles. The van der Waals surface area contributed by atoms with Crippen molar-refractivity contribution >= 4 is 29.9 Å². The number of nitrogens with one attached hydrogen (secondary N) is 2. The summed E-state index contributed by atoms with van der Waals surface area (Å²) >= 11 is 0. The van der Waals surface area contributed by atoms with Crippen LogP contribution in [0.3, 0.4) is 0 Å². The zero-order valence-electron chi connectivity index (χ0n) is 15.3. The molecule has 5 nitrogen and oxygen atoms in total. The van der Waals surface area contributed by atoms with Crippen molar-refractivity contribution in [1.82, 2.24) is 15.5 Å². The maximum absolute atomic E-state index is 5.53. The summed E-state index contributed by atoms with van der Waals surface area (Å²) in [7, 11) is 1.85. The van der Waals surface area contributed by atoms with Crippen molar-refractivity contribution in [1.29, 1.82) is 0 Å². The summed E-state index contributed by atoms with van der Waals surface area (Å²) in [5.74, 6) is 1.75. The molecule has 2 aliphatic rings. The Labute approximate surface area is 168 Å². The summed E-state index contributed by atoms with van der Waals surface area (Å²) < 4.78 is 5.53. The quantitative estimate of drug-likeness (QED) is 0.391. The zero-order valence-corrected chi connectivity index (χ0v) is 17.7. The van der Waals surface area contributed by atoms with Crippen molar-refractivity contribution < 1.29 is 4.74 Å². The third-order valence-electron chi connectivity index (χ3n) is 4.89. The van der Waals surface area contributed by atoms with Gasteiger partial charge >= 0.3 is 0 Å². The van der Waals surface area contributed by atoms with Gasteiger partial charge in [-0.1, -0.05) is 29.8 Å². The highest BCUT2D eigenvalue weighted by molar-refractivity contribution is 14.0. The molecule has 1 saturated carbocycles. The van der Waals surface area contributed by atoms with Crippen molar-refractivity contribution in [2.45, 2.75) is 25.8 Å². The number of hydrogen-bond donors (Lipinski definition) is 2. The molecule has 0 radical (unpaired) electrons. The monoisotopic (exact) mass is 458 g/mol. The highest BCUT2D eigenvalue weighted by atomic mass is 127. The first kappa shape index (κ1) is 20.5. The van der Waals surface area contributed by atoms with E-state index >= 15 is 0 Å². The number of aliphatic imine (C=N–C) groups is 1. The van der Waals surface area contributed by atoms with Gasteiger partial charge in [-0.3, -0.25) is 9.89 Å². The van der Waals surface area contributed by atoms with Crippen LogP contribution >= 0.6 is 24.0 Å². The van der Waals surface area contributed by atoms with Crippen LogP contribution in [0.4, 0.5) is 0 Å². The summed E-state index contributed by atoms with van der Waals surface area (Å²) in [6.45, 7) is 7.62. The normalized spacial score (nSPS) is 19.8. The molecule has 1 aliphatic heterocycles. The molecule has 1 unspecified atom stereocenters. The number of ether oxygens (including phenoxy) is 1. The molecule has 1 heterocycles. The molecule has 1 saturated heterocycles. The Morgan fingerprint density at radius 3 is 2.48 bits per heavy atom. The van der Waals surface area contributed by atoms with E-state index in [1.165, 1.54) is 24.0 Å². The van der Waals surface area contributed by atoms with Gasteiger partial charge in [-0.15, -0.1) is 24.0 Å². The van der Waals surface area contributed by atoms with Crippen LogP contribution in [0.5, 0.6) is 0 Å². The number of nitrogens with zero attached hydrogens (tertiary/aromatic N) is 2. The number of benzene rings is 1. The van der Waals surface area contributed by atoms with Crippen LogP contribution in [0.1, 0.15) is 30.0 Å². The molecule has 1 atom stereocenters. The van der Waals surface area contributed by atoms with Crippen molar-refractivity contribution in [2.24, 2.45) is 10.9 Å². The molecule has 0 spiro atoms. The summed E-state index contributed by atoms with van der Waals surface area (Å²) in [6.07, 6.45) is 2.70. The van der Waals surface area contributed by atoms with Gasteiger partial charge in [0.05, 0.1) is 19.3 Å². The molecule has 2 fully saturated rings. The third-order valence-corrected chi connectivity index (χ3v) is 4.89. The number of rotatable bonds is 6. The van der Waals surface area contributed by atoms with E-state index in [-0.39, 0.29) is 24.0 Å². The predicted octanol–water partition coefficient (Wildman–Crippen LogP) is 2.56. The third kappa shape index (κ3) is 6.42. The molecule has 0 bridgehead atoms. The SMILES string of the molecule is CN=C(NCC1CC1)NCC(c1ccc(C)cc1)N1CCOCC1.I. The van der Waals surface area contributed by atoms with Crippen LogP contribution in [0.15, 0.2) is 29.3 Å². The lowest BCUT2D eigenvalue weighted by molar-refractivity contribution is 0.0170. The molecule has 0 aromatic heterocycles. The van der Waals surface area contributed by atoms with E-state index in [0.29, 0.717) is 6.04 Å². The Hall–Kier alpha value is -0.860. The van der Waals surface area contributed by atoms with E-state index in [1.54, 1.807) is 0 Å². The van der Waals surface area contributed by atoms with E-state index in [4.69, 9.17) is 4.74 Å². The standard InChI is InChI=1S/C19H30N4O.HI/c1-15-3-7-17(8-4-15)18(23-9-11-24-12-10-23)14-22-19(20-2)21-13-16-5-6-16;/h3-4,7-8,16,18H,5-6,9-14H2,1-2H3,(H2,20,21,22);1H. The smallest absolute Gasteiger partial charge is 0.191 e. The fourth-order valence-electron chi connectivity index (χ4n) is 3.11. The molecule has 6 heteroatoms. The van der Waals surface area contributed by atoms with Gasteiger partial charge < -0.3 is 15.4 Å². The van der Waals surface area contributed by atoms with Crippen LogP contribution in [0.2, 0.25) is 0 Å². The van der Waals surface area contributed by atoms with Crippen LogP contribution in [-0.2, 0) is 4.74 Å². The summed E-state index contributed by atoms with van der Waals surface area (Å²) in [4.78, 5) is 6.87. The lowest BCUT2D eigenvalue weighted by atomic mass is 10.0. The molecule has 3 rings (SSSR count). The van der Waals surface area contributed by atoms with Crippen LogP contribution in [-0.4, -0.2) is 57.3 Å². The second-order valence-corrected chi connectivity index (χ2v) is 6.85. The Bertz CT molecular complexity index is 539. The topological polar surface area (TPSA) is 48.9 Å². The van der Waals surface area contributed by atoms with E-state index in [1.807, 2.05) is 7.05 Å². The van der Waals surface area contributed by atoms with Gasteiger partial charge in [-0.25, -0.2) is 0 Å². The van der Waals surface area contributed by atoms with Crippen molar-refractivity contribution in [2.75, 3.05) is 46.4 Å². The van der Waals surface area contributed by atoms with Crippen molar-refractivity contribution in [3.63, 3.8) is 0 Å². The summed E-state index contributed by atoms with van der Waals surface area (Å²) in [6, 6.07) is 9.23. The highest BCUT2D eigenvalue weighted by Crippen LogP contribution is 2.27. The van der Waals surface area contributed by atoms with Crippen LogP contribution in [0, 0.1) is 12.8 Å². The minimum atomic E-state index is 0. The van der Waals surface area contributed by atoms with Gasteiger partial charge in [0.25, 0.3) is 0 Å². The van der Waals surface area contributed by atoms with Crippen molar-refractivity contribution in [3.8, 4) is 0 Å². The summed E-state index contributed by atoms with van der Waals surface area (Å²) in [5, 5.41) is 6.97. The molecule has 2 N–H and O–H groups in total. The maximum Gasteiger partial charge on any atom is 0.191 e. The molecule has 25 heavy (non-hydrogen) atoms. The Morgan fingerprint density at radius 2 is 1.88 bits per heavy atom. The van der Waals surface area contributed by atoms with Gasteiger partial charge in [-0.05, 0) is 31.2 Å². The molecular formula is C19H31IN4O. The minimum Gasteiger partial charge on any atom is -0.379 e. The number of morpholine rings is 1. The predicted molar refractivity (Wildman–Crippen MR) is 114 cm³/mol. The van der Waals surface area contributed by atoms with Crippen LogP contribution in [0.25, 0.3) is 0 Å². The first-order valence-electron chi connectivity index (χ1n) is 9.09. The lowest BCUT2D eigenvalue weighted by Gasteiger charge is -2.35. The number of hydrogen-bond acceptors (Lipinski definition) is 3. The van der Waals surface area contributed by atoms with E-state index in [9.17, 15) is 0 Å². The zero-order chi connectivity index (χ0) is 16.8. The average Bonchev–Trinajstić information content (AvgIpc) is 3.44. The molecule has 0 amide bonds. The average molecular weight is 458 g/mol. The number of guanidine groups is 1. The largest absolute Gasteiger partial charge is 0.379 e. The lowest BCUT2D eigenvalue weighted by Crippen LogP contribution is -2.46. The van der Waals surface area contributed by atoms with Crippen molar-refractivity contribution in [3.05, 3.63) is 35.4 Å². The fraction of sp³-hybridized carbons (Fsp3) is 0.632. The Kier molecular flexibility index (Phi) is 8.45. The Morgan fingerprint density at radius 1 is 1.20 bits per heavy atom. The van der Waals surface area contributed by atoms with Gasteiger partial charge in [0.15, 0.2) is 5.96 Å². The van der Waals surface area contributed by atoms with E-state index in [2.05, 4.69) is 51.7 Å². The molecular weight excluding hydrogens is 427 g/mol. The van der Waals surface area contributed by atoms with Gasteiger partial charge in [0.1, 0.15) is 0 Å². The first-order valence-corrected chi connectivity index (χ1v) is 9.09.